The summed E-state index contributed by atoms with van der Waals surface area (Å²) in [5, 5.41) is 13.3. The maximum Gasteiger partial charge on any atom is 0.230 e. The molecule has 0 bridgehead atoms. The summed E-state index contributed by atoms with van der Waals surface area (Å²) >= 11 is 0. The Morgan fingerprint density at radius 2 is 1.76 bits per heavy atom. The van der Waals surface area contributed by atoms with Gasteiger partial charge in [-0.2, -0.15) is 0 Å². The van der Waals surface area contributed by atoms with Gasteiger partial charge in [-0.15, -0.1) is 0 Å². The number of carbonyl (C=O) groups is 1. The van der Waals surface area contributed by atoms with Crippen molar-refractivity contribution in [2.75, 3.05) is 11.9 Å². The molecular formula is C28H38NO4W-. The van der Waals surface area contributed by atoms with Gasteiger partial charge in [0, 0.05) is 26.8 Å². The number of nitrogens with one attached hydrogen (secondary N) is 1. The van der Waals surface area contributed by atoms with Crippen LogP contribution in [0.2, 0.25) is 0 Å². The van der Waals surface area contributed by atoms with Gasteiger partial charge in [0.2, 0.25) is 5.91 Å². The van der Waals surface area contributed by atoms with Gasteiger partial charge >= 0.3 is 0 Å². The summed E-state index contributed by atoms with van der Waals surface area (Å²) in [6.45, 7) is 3.11. The van der Waals surface area contributed by atoms with E-state index in [0.717, 1.165) is 60.2 Å². The normalized spacial score (nSPS) is 20.2. The average Bonchev–Trinajstić information content (AvgIpc) is 3.32. The monoisotopic (exact) mass is 636 g/mol. The van der Waals surface area contributed by atoms with Crippen LogP contribution in [0.25, 0.3) is 11.1 Å². The van der Waals surface area contributed by atoms with Gasteiger partial charge in [-0.25, -0.2) is 0 Å². The Morgan fingerprint density at radius 3 is 2.50 bits per heavy atom. The summed E-state index contributed by atoms with van der Waals surface area (Å²) in [5.41, 5.74) is 3.96. The van der Waals surface area contributed by atoms with Gasteiger partial charge in [0.25, 0.3) is 0 Å². The molecule has 2 N–H and O–H groups in total. The first kappa shape index (κ1) is 28.6. The molecule has 0 heterocycles. The van der Waals surface area contributed by atoms with Gasteiger partial charge in [0.15, 0.2) is 0 Å². The molecule has 0 aromatic heterocycles. The summed E-state index contributed by atoms with van der Waals surface area (Å²) in [6, 6.07) is 14.1. The molecule has 0 saturated heterocycles. The van der Waals surface area contributed by atoms with Crippen LogP contribution in [0, 0.1) is 13.3 Å². The zero-order valence-electron chi connectivity index (χ0n) is 20.4. The molecule has 1 amide bonds. The number of rotatable bonds is 8. The number of aliphatic hydroxyl groups is 1. The topological polar surface area (TPSA) is 67.8 Å². The molecule has 34 heavy (non-hydrogen) atoms. The average molecular weight is 636 g/mol. The van der Waals surface area contributed by atoms with Crippen LogP contribution in [0.3, 0.4) is 0 Å². The third kappa shape index (κ3) is 7.41. The fraction of sp³-hybridized carbons (Fsp3) is 0.500. The standard InChI is InChI=1S/C27H35NO4.CH3.W/c1-2-31-23-11-7-8-19(17-23)24-15-14-21(16-20(24)18-32-22-9-3-4-10-22)28-27(30)25-12-5-6-13-26(25)29;;/h7-8,11,14-17,22,25-26,29H,2-6,9-10,12-13,18H2,1H3,(H,28,30);1H3;/q;-1;. The largest absolute Gasteiger partial charge is 0.494 e. The Balaban J connectivity index is 0.00000204. The van der Waals surface area contributed by atoms with E-state index in [1.54, 1.807) is 0 Å². The molecular weight excluding hydrogens is 598 g/mol. The van der Waals surface area contributed by atoms with Crippen molar-refractivity contribution in [1.82, 2.24) is 0 Å². The number of hydrogen-bond acceptors (Lipinski definition) is 4. The molecule has 2 aromatic carbocycles. The molecule has 2 aliphatic rings. The molecule has 0 aliphatic heterocycles. The van der Waals surface area contributed by atoms with Crippen molar-refractivity contribution in [2.24, 2.45) is 5.92 Å². The fourth-order valence-corrected chi connectivity index (χ4v) is 4.91. The molecule has 2 fully saturated rings. The van der Waals surface area contributed by atoms with Gasteiger partial charge in [0.05, 0.1) is 31.3 Å². The van der Waals surface area contributed by atoms with Crippen LogP contribution < -0.4 is 10.1 Å². The van der Waals surface area contributed by atoms with E-state index in [0.29, 0.717) is 25.7 Å². The van der Waals surface area contributed by atoms with Crippen molar-refractivity contribution >= 4 is 11.6 Å². The van der Waals surface area contributed by atoms with Gasteiger partial charge in [-0.3, -0.25) is 4.79 Å². The molecule has 0 radical (unpaired) electrons. The van der Waals surface area contributed by atoms with Crippen LogP contribution in [0.5, 0.6) is 5.75 Å². The second kappa shape index (κ2) is 14.0. The van der Waals surface area contributed by atoms with E-state index in [-0.39, 0.29) is 40.3 Å². The Hall–Kier alpha value is -1.68. The minimum Gasteiger partial charge on any atom is -0.494 e. The maximum atomic E-state index is 12.8. The summed E-state index contributed by atoms with van der Waals surface area (Å²) in [5.74, 6) is 0.423. The van der Waals surface area contributed by atoms with Crippen LogP contribution in [0.1, 0.15) is 63.9 Å². The van der Waals surface area contributed by atoms with Gasteiger partial charge in [0.1, 0.15) is 5.75 Å². The third-order valence-electron chi connectivity index (χ3n) is 6.67. The molecule has 2 aliphatic carbocycles. The number of ether oxygens (including phenoxy) is 2. The Bertz CT molecular complexity index is 913. The van der Waals surface area contributed by atoms with E-state index in [1.165, 1.54) is 12.8 Å². The van der Waals surface area contributed by atoms with Crippen LogP contribution in [-0.4, -0.2) is 29.8 Å². The predicted octanol–water partition coefficient (Wildman–Crippen LogP) is 6.15. The van der Waals surface area contributed by atoms with Crippen molar-refractivity contribution in [1.29, 1.82) is 0 Å². The quantitative estimate of drug-likeness (QED) is 0.342. The SMILES string of the molecule is CCOc1cccc(-c2ccc(NC(=O)C3CCCCC3O)cc2COC2CCCC2)c1.[CH3-].[W]. The van der Waals surface area contributed by atoms with Crippen molar-refractivity contribution < 1.29 is 40.4 Å². The van der Waals surface area contributed by atoms with Gasteiger partial charge in [-0.1, -0.05) is 43.9 Å². The number of carbonyl (C=O) groups excluding carboxylic acids is 1. The first-order chi connectivity index (χ1) is 15.6. The number of hydrogen-bond donors (Lipinski definition) is 2. The summed E-state index contributed by atoms with van der Waals surface area (Å²) in [4.78, 5) is 12.8. The fourth-order valence-electron chi connectivity index (χ4n) is 4.91. The van der Waals surface area contributed by atoms with E-state index in [2.05, 4.69) is 17.4 Å². The zero-order chi connectivity index (χ0) is 22.3. The molecule has 6 heteroatoms. The van der Waals surface area contributed by atoms with E-state index in [1.807, 2.05) is 37.3 Å². The number of amides is 1. The second-order valence-electron chi connectivity index (χ2n) is 9.00. The van der Waals surface area contributed by atoms with Crippen molar-refractivity contribution in [3.63, 3.8) is 0 Å². The van der Waals surface area contributed by atoms with E-state index in [9.17, 15) is 9.90 Å². The zero-order valence-corrected chi connectivity index (χ0v) is 23.4. The van der Waals surface area contributed by atoms with E-state index >= 15 is 0 Å². The van der Waals surface area contributed by atoms with Gasteiger partial charge < -0.3 is 27.3 Å². The molecule has 5 nitrogen and oxygen atoms in total. The summed E-state index contributed by atoms with van der Waals surface area (Å²) < 4.78 is 11.9. The molecule has 2 aromatic rings. The second-order valence-corrected chi connectivity index (χ2v) is 9.00. The van der Waals surface area contributed by atoms with Crippen molar-refractivity contribution in [2.45, 2.75) is 77.1 Å². The molecule has 0 spiro atoms. The molecule has 186 valence electrons. The van der Waals surface area contributed by atoms with Crippen LogP contribution >= 0.6 is 0 Å². The first-order valence-corrected chi connectivity index (χ1v) is 12.1. The minimum atomic E-state index is -0.547. The van der Waals surface area contributed by atoms with Crippen molar-refractivity contribution in [3.05, 3.63) is 55.5 Å². The maximum absolute atomic E-state index is 12.8. The van der Waals surface area contributed by atoms with Gasteiger partial charge in [-0.05, 0) is 73.6 Å². The van der Waals surface area contributed by atoms with E-state index < -0.39 is 6.10 Å². The van der Waals surface area contributed by atoms with Crippen LogP contribution in [0.4, 0.5) is 5.69 Å². The summed E-state index contributed by atoms with van der Waals surface area (Å²) in [6.07, 6.45) is 7.88. The first-order valence-electron chi connectivity index (χ1n) is 12.1. The molecule has 2 saturated carbocycles. The molecule has 2 unspecified atom stereocenters. The smallest absolute Gasteiger partial charge is 0.230 e. The van der Waals surface area contributed by atoms with E-state index in [4.69, 9.17) is 9.47 Å². The van der Waals surface area contributed by atoms with Crippen molar-refractivity contribution in [3.8, 4) is 16.9 Å². The number of benzene rings is 2. The Morgan fingerprint density at radius 1 is 1.03 bits per heavy atom. The summed E-state index contributed by atoms with van der Waals surface area (Å²) in [7, 11) is 0. The third-order valence-corrected chi connectivity index (χ3v) is 6.67. The molecule has 4 rings (SSSR count). The minimum absolute atomic E-state index is 0. The number of aliphatic hydroxyl groups excluding tert-OH is 1. The molecule has 2 atom stereocenters. The Kier molecular flexibility index (Phi) is 11.8. The van der Waals surface area contributed by atoms with Crippen LogP contribution in [-0.2, 0) is 37.2 Å². The van der Waals surface area contributed by atoms with Crippen LogP contribution in [0.15, 0.2) is 42.5 Å². The Labute approximate surface area is 218 Å². The number of anilines is 1. The predicted molar refractivity (Wildman–Crippen MR) is 133 cm³/mol.